The smallest absolute Gasteiger partial charge is 0.266 e. The predicted octanol–water partition coefficient (Wildman–Crippen LogP) is 4.00. The number of hydrogen-bond acceptors (Lipinski definition) is 3. The average molecular weight is 357 g/mol. The van der Waals surface area contributed by atoms with E-state index >= 15 is 0 Å². The maximum absolute atomic E-state index is 12.2. The number of nitrogens with zero attached hydrogens (tertiary/aromatic N) is 1. The van der Waals surface area contributed by atoms with Crippen LogP contribution >= 0.6 is 15.9 Å². The van der Waals surface area contributed by atoms with E-state index in [-0.39, 0.29) is 5.57 Å². The lowest BCUT2D eigenvalue weighted by molar-refractivity contribution is -0.112. The Hall–Kier alpha value is -2.58. The molecule has 0 radical (unpaired) electrons. The van der Waals surface area contributed by atoms with Crippen molar-refractivity contribution < 1.29 is 9.53 Å². The molecule has 1 N–H and O–H groups in total. The number of rotatable bonds is 4. The lowest BCUT2D eigenvalue weighted by Gasteiger charge is -2.06. The Morgan fingerprint density at radius 2 is 2.05 bits per heavy atom. The summed E-state index contributed by atoms with van der Waals surface area (Å²) in [6, 6.07) is 16.3. The Morgan fingerprint density at radius 1 is 1.27 bits per heavy atom. The summed E-state index contributed by atoms with van der Waals surface area (Å²) in [7, 11) is 1.56. The molecule has 110 valence electrons. The fourth-order valence-electron chi connectivity index (χ4n) is 1.80. The SMILES string of the molecule is COc1cccc(/C=C(\C#N)C(=O)Nc2ccccc2Br)c1. The Bertz CT molecular complexity index is 763. The first kappa shape index (κ1) is 15.8. The number of carbonyl (C=O) groups excluding carboxylic acids is 1. The molecule has 0 saturated carbocycles. The minimum Gasteiger partial charge on any atom is -0.497 e. The second-order valence-corrected chi connectivity index (χ2v) is 5.23. The highest BCUT2D eigenvalue weighted by molar-refractivity contribution is 9.10. The van der Waals surface area contributed by atoms with Crippen LogP contribution in [0.4, 0.5) is 5.69 Å². The number of carbonyl (C=O) groups is 1. The van der Waals surface area contributed by atoms with E-state index in [2.05, 4.69) is 21.2 Å². The summed E-state index contributed by atoms with van der Waals surface area (Å²) in [5.74, 6) is 0.203. The maximum Gasteiger partial charge on any atom is 0.266 e. The van der Waals surface area contributed by atoms with Crippen LogP contribution in [0, 0.1) is 11.3 Å². The topological polar surface area (TPSA) is 62.1 Å². The number of para-hydroxylation sites is 1. The third-order valence-electron chi connectivity index (χ3n) is 2.89. The molecule has 0 spiro atoms. The largest absolute Gasteiger partial charge is 0.497 e. The van der Waals surface area contributed by atoms with Gasteiger partial charge in [0.05, 0.1) is 12.8 Å². The molecule has 2 aromatic carbocycles. The second-order valence-electron chi connectivity index (χ2n) is 4.38. The maximum atomic E-state index is 12.2. The van der Waals surface area contributed by atoms with Crippen LogP contribution < -0.4 is 10.1 Å². The number of halogens is 1. The molecule has 0 aliphatic carbocycles. The van der Waals surface area contributed by atoms with Crippen molar-refractivity contribution >= 4 is 33.6 Å². The van der Waals surface area contributed by atoms with Crippen molar-refractivity contribution in [2.45, 2.75) is 0 Å². The van der Waals surface area contributed by atoms with Crippen LogP contribution in [0.1, 0.15) is 5.56 Å². The molecule has 2 rings (SSSR count). The number of amides is 1. The van der Waals surface area contributed by atoms with E-state index in [4.69, 9.17) is 4.74 Å². The monoisotopic (exact) mass is 356 g/mol. The van der Waals surface area contributed by atoms with Crippen LogP contribution in [-0.2, 0) is 4.79 Å². The van der Waals surface area contributed by atoms with Gasteiger partial charge in [-0.05, 0) is 51.8 Å². The van der Waals surface area contributed by atoms with Crippen molar-refractivity contribution in [2.75, 3.05) is 12.4 Å². The molecule has 4 nitrogen and oxygen atoms in total. The van der Waals surface area contributed by atoms with Crippen molar-refractivity contribution in [1.29, 1.82) is 5.26 Å². The number of nitriles is 1. The number of anilines is 1. The second kappa shape index (κ2) is 7.43. The van der Waals surface area contributed by atoms with E-state index in [0.717, 1.165) is 10.0 Å². The van der Waals surface area contributed by atoms with E-state index in [1.54, 1.807) is 43.5 Å². The van der Waals surface area contributed by atoms with E-state index in [1.807, 2.05) is 18.2 Å². The first-order valence-corrected chi connectivity index (χ1v) is 7.25. The number of methoxy groups -OCH3 is 1. The molecule has 0 saturated heterocycles. The summed E-state index contributed by atoms with van der Waals surface area (Å²) in [5.41, 5.74) is 1.35. The zero-order valence-corrected chi connectivity index (χ0v) is 13.4. The molecule has 0 aliphatic rings. The average Bonchev–Trinajstić information content (AvgIpc) is 2.54. The summed E-state index contributed by atoms with van der Waals surface area (Å²) < 4.78 is 5.87. The van der Waals surface area contributed by atoms with Gasteiger partial charge in [-0.15, -0.1) is 0 Å². The van der Waals surface area contributed by atoms with Crippen LogP contribution in [0.25, 0.3) is 6.08 Å². The van der Waals surface area contributed by atoms with Gasteiger partial charge in [-0.2, -0.15) is 5.26 Å². The number of hydrogen-bond donors (Lipinski definition) is 1. The Balaban J connectivity index is 2.24. The first-order chi connectivity index (χ1) is 10.6. The molecule has 1 amide bonds. The van der Waals surface area contributed by atoms with Crippen molar-refractivity contribution in [3.05, 3.63) is 64.1 Å². The highest BCUT2D eigenvalue weighted by Gasteiger charge is 2.11. The van der Waals surface area contributed by atoms with Crippen molar-refractivity contribution in [3.63, 3.8) is 0 Å². The highest BCUT2D eigenvalue weighted by atomic mass is 79.9. The van der Waals surface area contributed by atoms with E-state index in [1.165, 1.54) is 6.08 Å². The molecular formula is C17H13BrN2O2. The summed E-state index contributed by atoms with van der Waals surface area (Å²) in [5, 5.41) is 11.9. The highest BCUT2D eigenvalue weighted by Crippen LogP contribution is 2.22. The lowest BCUT2D eigenvalue weighted by atomic mass is 10.1. The third-order valence-corrected chi connectivity index (χ3v) is 3.58. The Labute approximate surface area is 137 Å². The molecule has 0 fully saturated rings. The van der Waals surface area contributed by atoms with Gasteiger partial charge in [0.25, 0.3) is 5.91 Å². The number of nitrogens with one attached hydrogen (secondary N) is 1. The minimum atomic E-state index is -0.461. The van der Waals surface area contributed by atoms with Gasteiger partial charge in [-0.3, -0.25) is 4.79 Å². The summed E-state index contributed by atoms with van der Waals surface area (Å²) in [6.45, 7) is 0. The number of benzene rings is 2. The van der Waals surface area contributed by atoms with Crippen molar-refractivity contribution in [1.82, 2.24) is 0 Å². The summed E-state index contributed by atoms with van der Waals surface area (Å²) in [4.78, 5) is 12.2. The quantitative estimate of drug-likeness (QED) is 0.665. The molecule has 0 aliphatic heterocycles. The predicted molar refractivity (Wildman–Crippen MR) is 89.4 cm³/mol. The zero-order valence-electron chi connectivity index (χ0n) is 11.8. The van der Waals surface area contributed by atoms with Gasteiger partial charge >= 0.3 is 0 Å². The normalized spacial score (nSPS) is 10.7. The molecule has 0 bridgehead atoms. The van der Waals surface area contributed by atoms with E-state index in [0.29, 0.717) is 11.4 Å². The molecule has 0 heterocycles. The van der Waals surface area contributed by atoms with E-state index in [9.17, 15) is 10.1 Å². The van der Waals surface area contributed by atoms with Gasteiger partial charge in [0.2, 0.25) is 0 Å². The standard InChI is InChI=1S/C17H13BrN2O2/c1-22-14-6-4-5-12(10-14)9-13(11-19)17(21)20-16-8-3-2-7-15(16)18/h2-10H,1H3,(H,20,21)/b13-9+. The third kappa shape index (κ3) is 3.96. The van der Waals surface area contributed by atoms with Crippen molar-refractivity contribution in [3.8, 4) is 11.8 Å². The Morgan fingerprint density at radius 3 is 2.73 bits per heavy atom. The molecule has 0 atom stereocenters. The van der Waals surface area contributed by atoms with Crippen LogP contribution in [0.2, 0.25) is 0 Å². The molecule has 0 unspecified atom stereocenters. The molecular weight excluding hydrogens is 344 g/mol. The molecule has 22 heavy (non-hydrogen) atoms. The van der Waals surface area contributed by atoms with Gasteiger partial charge in [0.15, 0.2) is 0 Å². The fraction of sp³-hybridized carbons (Fsp3) is 0.0588. The van der Waals surface area contributed by atoms with Gasteiger partial charge < -0.3 is 10.1 Å². The summed E-state index contributed by atoms with van der Waals surface area (Å²) in [6.07, 6.45) is 1.52. The van der Waals surface area contributed by atoms with E-state index < -0.39 is 5.91 Å². The van der Waals surface area contributed by atoms with Gasteiger partial charge in [0, 0.05) is 4.47 Å². The Kier molecular flexibility index (Phi) is 5.34. The van der Waals surface area contributed by atoms with Crippen LogP contribution in [-0.4, -0.2) is 13.0 Å². The van der Waals surface area contributed by atoms with Crippen molar-refractivity contribution in [2.24, 2.45) is 0 Å². The van der Waals surface area contributed by atoms with Gasteiger partial charge in [-0.25, -0.2) is 0 Å². The fourth-order valence-corrected chi connectivity index (χ4v) is 2.18. The molecule has 5 heteroatoms. The zero-order chi connectivity index (χ0) is 15.9. The van der Waals surface area contributed by atoms with Gasteiger partial charge in [-0.1, -0.05) is 24.3 Å². The van der Waals surface area contributed by atoms with Crippen LogP contribution in [0.3, 0.4) is 0 Å². The number of ether oxygens (including phenoxy) is 1. The minimum absolute atomic E-state index is 0.0176. The molecule has 2 aromatic rings. The summed E-state index contributed by atoms with van der Waals surface area (Å²) >= 11 is 3.35. The lowest BCUT2D eigenvalue weighted by Crippen LogP contribution is -2.13. The first-order valence-electron chi connectivity index (χ1n) is 6.46. The van der Waals surface area contributed by atoms with Crippen LogP contribution in [0.15, 0.2) is 58.6 Å². The molecule has 0 aromatic heterocycles. The van der Waals surface area contributed by atoms with Crippen LogP contribution in [0.5, 0.6) is 5.75 Å². The van der Waals surface area contributed by atoms with Gasteiger partial charge in [0.1, 0.15) is 17.4 Å².